The number of carbonyl (C=O) groups is 1. The molecule has 0 unspecified atom stereocenters. The van der Waals surface area contributed by atoms with Crippen molar-refractivity contribution >= 4 is 46.4 Å². The predicted molar refractivity (Wildman–Crippen MR) is 169 cm³/mol. The number of methoxy groups -OCH3 is 1. The molecule has 0 aliphatic carbocycles. The third kappa shape index (κ3) is 11.0. The average Bonchev–Trinajstić information content (AvgIpc) is 2.89. The molecule has 1 fully saturated rings. The Labute approximate surface area is 264 Å². The lowest BCUT2D eigenvalue weighted by Gasteiger charge is -2.45. The summed E-state index contributed by atoms with van der Waals surface area (Å²) in [5.74, 6) is -0.798. The first-order chi connectivity index (χ1) is 19.8. The molecule has 4 bridgehead atoms. The molecule has 4 atom stereocenters. The lowest BCUT2D eigenvalue weighted by Crippen LogP contribution is -2.50. The molecule has 7 nitrogen and oxygen atoms in total. The van der Waals surface area contributed by atoms with Gasteiger partial charge in [-0.05, 0) is 63.3 Å². The predicted octanol–water partition coefficient (Wildman–Crippen LogP) is 7.58. The van der Waals surface area contributed by atoms with Gasteiger partial charge in [0.1, 0.15) is 12.5 Å². The summed E-state index contributed by atoms with van der Waals surface area (Å²) in [6.45, 7) is 7.76. The summed E-state index contributed by atoms with van der Waals surface area (Å²) in [6, 6.07) is 5.07. The van der Waals surface area contributed by atoms with Crippen LogP contribution in [0.25, 0.3) is 0 Å². The van der Waals surface area contributed by atoms with E-state index in [0.717, 1.165) is 17.6 Å². The molecule has 2 aliphatic rings. The Balaban J connectivity index is 1.95. The zero-order valence-corrected chi connectivity index (χ0v) is 27.2. The SMILES string of the molecule is CO[C@H]1/C=C/C=C/C=C/C[C@@H]2OC(C)(C)O[C@@H](/C(C)=C\CCc3cc(O)cc(c3)N(COCC(Cl)(Cl)Cl)C(=O)C1)[C@H]2C. The fourth-order valence-electron chi connectivity index (χ4n) is 5.08. The van der Waals surface area contributed by atoms with Gasteiger partial charge in [0.15, 0.2) is 5.79 Å². The highest BCUT2D eigenvalue weighted by Gasteiger charge is 2.40. The average molecular weight is 643 g/mol. The fourth-order valence-corrected chi connectivity index (χ4v) is 5.31. The molecule has 1 aromatic rings. The van der Waals surface area contributed by atoms with Crippen molar-refractivity contribution in [1.29, 1.82) is 0 Å². The minimum Gasteiger partial charge on any atom is -0.508 e. The van der Waals surface area contributed by atoms with E-state index in [9.17, 15) is 9.90 Å². The first kappa shape index (κ1) is 34.6. The van der Waals surface area contributed by atoms with E-state index in [0.29, 0.717) is 18.5 Å². The van der Waals surface area contributed by atoms with Gasteiger partial charge in [0.25, 0.3) is 0 Å². The molecule has 42 heavy (non-hydrogen) atoms. The van der Waals surface area contributed by atoms with Crippen LogP contribution in [0.5, 0.6) is 5.75 Å². The number of alkyl halides is 3. The Bertz CT molecular complexity index is 1170. The zero-order valence-electron chi connectivity index (χ0n) is 24.9. The number of benzene rings is 1. The van der Waals surface area contributed by atoms with Crippen LogP contribution < -0.4 is 4.90 Å². The minimum absolute atomic E-state index is 0.00341. The Morgan fingerprint density at radius 1 is 1.12 bits per heavy atom. The lowest BCUT2D eigenvalue weighted by molar-refractivity contribution is -0.310. The highest BCUT2D eigenvalue weighted by molar-refractivity contribution is 6.67. The zero-order chi connectivity index (χ0) is 30.9. The summed E-state index contributed by atoms with van der Waals surface area (Å²) in [7, 11) is 1.54. The second kappa shape index (κ2) is 15.8. The van der Waals surface area contributed by atoms with Crippen molar-refractivity contribution in [3.05, 3.63) is 71.9 Å². The molecule has 1 amide bonds. The number of aryl methyl sites for hydroxylation is 1. The van der Waals surface area contributed by atoms with Crippen molar-refractivity contribution in [3.63, 3.8) is 0 Å². The highest BCUT2D eigenvalue weighted by Crippen LogP contribution is 2.36. The number of hydrogen-bond donors (Lipinski definition) is 1. The number of anilines is 1. The molecule has 1 saturated heterocycles. The van der Waals surface area contributed by atoms with Gasteiger partial charge in [-0.25, -0.2) is 0 Å². The number of nitrogens with zero attached hydrogens (tertiary/aromatic N) is 1. The molecular formula is C32H42Cl3NO6. The van der Waals surface area contributed by atoms with Crippen LogP contribution in [-0.2, 0) is 30.2 Å². The van der Waals surface area contributed by atoms with Gasteiger partial charge in [-0.2, -0.15) is 0 Å². The van der Waals surface area contributed by atoms with Crippen LogP contribution in [0.4, 0.5) is 5.69 Å². The molecule has 0 aromatic heterocycles. The van der Waals surface area contributed by atoms with Crippen LogP contribution in [0, 0.1) is 5.92 Å². The van der Waals surface area contributed by atoms with Crippen molar-refractivity contribution < 1.29 is 28.8 Å². The normalized spacial score (nSPS) is 29.6. The van der Waals surface area contributed by atoms with Crippen LogP contribution in [0.15, 0.2) is 66.3 Å². The summed E-state index contributed by atoms with van der Waals surface area (Å²) >= 11 is 17.6. The summed E-state index contributed by atoms with van der Waals surface area (Å²) in [6.07, 6.45) is 15.3. The smallest absolute Gasteiger partial charge is 0.231 e. The van der Waals surface area contributed by atoms with Gasteiger partial charge in [0.2, 0.25) is 9.70 Å². The van der Waals surface area contributed by atoms with Crippen LogP contribution in [0.3, 0.4) is 0 Å². The number of amides is 1. The second-order valence-corrected chi connectivity index (χ2v) is 13.6. The van der Waals surface area contributed by atoms with E-state index in [-0.39, 0.29) is 49.5 Å². The van der Waals surface area contributed by atoms with E-state index < -0.39 is 15.7 Å². The number of halogens is 3. The first-order valence-electron chi connectivity index (χ1n) is 14.1. The minimum atomic E-state index is -1.64. The van der Waals surface area contributed by atoms with Gasteiger partial charge in [0, 0.05) is 24.8 Å². The van der Waals surface area contributed by atoms with E-state index in [1.165, 1.54) is 11.0 Å². The number of aromatic hydroxyl groups is 1. The maximum atomic E-state index is 13.5. The monoisotopic (exact) mass is 641 g/mol. The number of carbonyl (C=O) groups excluding carboxylic acids is 1. The van der Waals surface area contributed by atoms with Gasteiger partial charge >= 0.3 is 0 Å². The fraction of sp³-hybridized carbons (Fsp3) is 0.531. The van der Waals surface area contributed by atoms with Crippen molar-refractivity contribution in [2.45, 2.75) is 81.3 Å². The Kier molecular flexibility index (Phi) is 13.0. The van der Waals surface area contributed by atoms with E-state index >= 15 is 0 Å². The third-order valence-corrected chi connectivity index (χ3v) is 7.49. The van der Waals surface area contributed by atoms with E-state index in [4.69, 9.17) is 53.8 Å². The van der Waals surface area contributed by atoms with Gasteiger partial charge in [-0.3, -0.25) is 9.69 Å². The summed E-state index contributed by atoms with van der Waals surface area (Å²) in [5.41, 5.74) is 2.46. The topological polar surface area (TPSA) is 77.5 Å². The van der Waals surface area contributed by atoms with E-state index in [1.807, 2.05) is 50.3 Å². The quantitative estimate of drug-likeness (QED) is 0.270. The van der Waals surface area contributed by atoms with Crippen LogP contribution >= 0.6 is 34.8 Å². The molecule has 0 radical (unpaired) electrons. The number of allylic oxidation sites excluding steroid dienone is 5. The van der Waals surface area contributed by atoms with Gasteiger partial charge in [-0.1, -0.05) is 84.3 Å². The lowest BCUT2D eigenvalue weighted by atomic mass is 9.88. The van der Waals surface area contributed by atoms with E-state index in [2.05, 4.69) is 26.0 Å². The summed E-state index contributed by atoms with van der Waals surface area (Å²) < 4.78 is 22.1. The number of fused-ring (bicyclic) bond motifs is 4. The molecule has 3 rings (SSSR count). The van der Waals surface area contributed by atoms with Crippen LogP contribution in [0.2, 0.25) is 0 Å². The molecule has 1 aromatic carbocycles. The number of rotatable bonds is 4. The molecule has 2 aliphatic heterocycles. The second-order valence-electron chi connectivity index (χ2n) is 11.1. The number of ether oxygens (including phenoxy) is 4. The summed E-state index contributed by atoms with van der Waals surface area (Å²) in [5, 5.41) is 10.6. The van der Waals surface area contributed by atoms with Crippen molar-refractivity contribution in [1.82, 2.24) is 0 Å². The highest BCUT2D eigenvalue weighted by atomic mass is 35.6. The molecular weight excluding hydrogens is 601 g/mol. The van der Waals surface area contributed by atoms with Gasteiger partial charge in [-0.15, -0.1) is 0 Å². The molecule has 1 N–H and O–H groups in total. The molecule has 232 valence electrons. The van der Waals surface area contributed by atoms with Gasteiger partial charge in [0.05, 0.1) is 31.3 Å². The standard InChI is InChI=1S/C32H42Cl3NO6/c1-22-12-11-13-24-16-25(18-26(37)17-24)36(21-40-20-32(33,34)35)29(38)19-27(39-5)14-9-7-6-8-10-15-28-23(2)30(22)42-31(3,4)41-28/h6-10,12,14,16-18,23,27-28,30,37H,11,13,15,19-21H2,1-5H3/b7-6+,10-8+,14-9+,22-12-/t23-,27-,28-,30-/m0/s1. The maximum absolute atomic E-state index is 13.5. The van der Waals surface area contributed by atoms with Crippen LogP contribution in [-0.4, -0.2) is 59.4 Å². The van der Waals surface area contributed by atoms with Gasteiger partial charge < -0.3 is 24.1 Å². The molecule has 0 spiro atoms. The van der Waals surface area contributed by atoms with Crippen molar-refractivity contribution in [2.75, 3.05) is 25.3 Å². The molecule has 2 heterocycles. The van der Waals surface area contributed by atoms with Crippen LogP contribution in [0.1, 0.15) is 52.5 Å². The molecule has 10 heteroatoms. The third-order valence-electron chi connectivity index (χ3n) is 7.16. The first-order valence-corrected chi connectivity index (χ1v) is 15.2. The van der Waals surface area contributed by atoms with Crippen molar-refractivity contribution in [3.8, 4) is 5.75 Å². The molecule has 0 saturated carbocycles. The Morgan fingerprint density at radius 3 is 2.57 bits per heavy atom. The van der Waals surface area contributed by atoms with E-state index in [1.54, 1.807) is 13.2 Å². The number of phenols is 1. The maximum Gasteiger partial charge on any atom is 0.231 e. The Hall–Kier alpha value is -1.84. The van der Waals surface area contributed by atoms with Crippen molar-refractivity contribution in [2.24, 2.45) is 5.92 Å². The number of hydrogen-bond acceptors (Lipinski definition) is 6. The Morgan fingerprint density at radius 2 is 1.86 bits per heavy atom. The largest absolute Gasteiger partial charge is 0.508 e. The number of phenolic OH excluding ortho intramolecular Hbond substituents is 1. The summed E-state index contributed by atoms with van der Waals surface area (Å²) in [4.78, 5) is 14.9.